The van der Waals surface area contributed by atoms with Crippen LogP contribution in [0.25, 0.3) is 0 Å². The van der Waals surface area contributed by atoms with Crippen molar-refractivity contribution in [3.8, 4) is 0 Å². The smallest absolute Gasteiger partial charge is 0.338 e. The lowest BCUT2D eigenvalue weighted by Gasteiger charge is -2.09. The number of benzene rings is 1. The van der Waals surface area contributed by atoms with Crippen molar-refractivity contribution in [2.24, 2.45) is 0 Å². The average Bonchev–Trinajstić information content (AvgIpc) is 2.94. The highest BCUT2D eigenvalue weighted by Crippen LogP contribution is 2.23. The highest BCUT2D eigenvalue weighted by atomic mass is 16.6. The Morgan fingerprint density at radius 2 is 1.83 bits per heavy atom. The van der Waals surface area contributed by atoms with Crippen molar-refractivity contribution in [2.45, 2.75) is 46.3 Å². The number of hydrogen-bond donors (Lipinski definition) is 0. The number of hydrogen-bond acceptors (Lipinski definition) is 3. The molecule has 1 aliphatic rings. The first-order chi connectivity index (χ1) is 8.32. The van der Waals surface area contributed by atoms with E-state index in [1.807, 2.05) is 39.0 Å². The molecule has 0 aliphatic carbocycles. The van der Waals surface area contributed by atoms with Gasteiger partial charge in [0.1, 0.15) is 0 Å². The summed E-state index contributed by atoms with van der Waals surface area (Å²) in [6, 6.07) is 7.42. The molecule has 0 spiro atoms. The Kier molecular flexibility index (Phi) is 4.91. The van der Waals surface area contributed by atoms with Crippen LogP contribution in [0.3, 0.4) is 0 Å². The Hall–Kier alpha value is -1.35. The molecule has 1 aromatic carbocycles. The van der Waals surface area contributed by atoms with E-state index >= 15 is 0 Å². The van der Waals surface area contributed by atoms with Crippen LogP contribution in [0.4, 0.5) is 0 Å². The molecule has 0 saturated carbocycles. The van der Waals surface area contributed by atoms with Crippen LogP contribution >= 0.6 is 0 Å². The van der Waals surface area contributed by atoms with Crippen molar-refractivity contribution in [1.82, 2.24) is 0 Å². The van der Waals surface area contributed by atoms with E-state index in [0.717, 1.165) is 12.2 Å². The van der Waals surface area contributed by atoms with Gasteiger partial charge in [-0.15, -0.1) is 0 Å². The number of ether oxygens (including phenoxy) is 2. The lowest BCUT2D eigenvalue weighted by atomic mass is 10.1. The predicted molar refractivity (Wildman–Crippen MR) is 71.8 cm³/mol. The largest absolute Gasteiger partial charge is 0.459 e. The third-order valence-corrected chi connectivity index (χ3v) is 2.43. The van der Waals surface area contributed by atoms with Crippen molar-refractivity contribution >= 4 is 5.97 Å². The molecule has 1 saturated heterocycles. The van der Waals surface area contributed by atoms with E-state index < -0.39 is 0 Å². The summed E-state index contributed by atoms with van der Waals surface area (Å²) >= 11 is 0. The number of carbonyl (C=O) groups excluding carboxylic acids is 1. The molecular weight excluding hydrogens is 228 g/mol. The summed E-state index contributed by atoms with van der Waals surface area (Å²) in [4.78, 5) is 11.5. The summed E-state index contributed by atoms with van der Waals surface area (Å²) in [5.41, 5.74) is 1.85. The molecule has 1 aliphatic heterocycles. The van der Waals surface area contributed by atoms with E-state index in [1.165, 1.54) is 0 Å². The molecule has 1 heterocycles. The Labute approximate surface area is 109 Å². The predicted octanol–water partition coefficient (Wildman–Crippen LogP) is 3.36. The lowest BCUT2D eigenvalue weighted by molar-refractivity contribution is 0.0377. The monoisotopic (exact) mass is 250 g/mol. The molecule has 1 fully saturated rings. The van der Waals surface area contributed by atoms with Crippen molar-refractivity contribution in [3.05, 3.63) is 35.4 Å². The van der Waals surface area contributed by atoms with Gasteiger partial charge in [0.15, 0.2) is 0 Å². The topological polar surface area (TPSA) is 38.8 Å². The molecule has 0 aromatic heterocycles. The fourth-order valence-electron chi connectivity index (χ4n) is 1.22. The molecule has 1 aromatic rings. The van der Waals surface area contributed by atoms with Gasteiger partial charge in [0.25, 0.3) is 0 Å². The second-order valence-electron chi connectivity index (χ2n) is 5.32. The summed E-state index contributed by atoms with van der Waals surface area (Å²) in [5.74, 6) is -0.242. The summed E-state index contributed by atoms with van der Waals surface area (Å²) in [5, 5.41) is 0. The third-order valence-electron chi connectivity index (χ3n) is 2.43. The number of rotatable bonds is 2. The Morgan fingerprint density at radius 3 is 2.22 bits per heavy atom. The zero-order valence-corrected chi connectivity index (χ0v) is 11.8. The Balaban J connectivity index is 0.000000269. The van der Waals surface area contributed by atoms with Gasteiger partial charge in [0.2, 0.25) is 0 Å². The van der Waals surface area contributed by atoms with Crippen molar-refractivity contribution < 1.29 is 14.3 Å². The van der Waals surface area contributed by atoms with Crippen molar-refractivity contribution in [1.29, 1.82) is 0 Å². The first kappa shape index (κ1) is 14.7. The first-order valence-electron chi connectivity index (χ1n) is 6.22. The molecule has 0 N–H and O–H groups in total. The molecule has 0 atom stereocenters. The van der Waals surface area contributed by atoms with Gasteiger partial charge in [-0.3, -0.25) is 0 Å². The second kappa shape index (κ2) is 6.01. The minimum Gasteiger partial charge on any atom is -0.459 e. The molecule has 0 bridgehead atoms. The van der Waals surface area contributed by atoms with E-state index in [2.05, 4.69) is 13.8 Å². The quantitative estimate of drug-likeness (QED) is 0.597. The van der Waals surface area contributed by atoms with E-state index in [4.69, 9.17) is 9.47 Å². The van der Waals surface area contributed by atoms with Crippen LogP contribution in [0, 0.1) is 6.92 Å². The van der Waals surface area contributed by atoms with Crippen LogP contribution < -0.4 is 0 Å². The molecule has 0 radical (unpaired) electrons. The van der Waals surface area contributed by atoms with E-state index in [1.54, 1.807) is 6.07 Å². The first-order valence-corrected chi connectivity index (χ1v) is 6.22. The highest BCUT2D eigenvalue weighted by Gasteiger charge is 2.32. The minimum atomic E-state index is -0.242. The fraction of sp³-hybridized carbons (Fsp3) is 0.533. The molecule has 3 heteroatoms. The Bertz CT molecular complexity index is 402. The fourth-order valence-corrected chi connectivity index (χ4v) is 1.22. The average molecular weight is 250 g/mol. The molecular formula is C15H22O3. The maximum atomic E-state index is 11.5. The van der Waals surface area contributed by atoms with Gasteiger partial charge in [-0.2, -0.15) is 0 Å². The number of esters is 1. The van der Waals surface area contributed by atoms with Crippen LogP contribution in [0.1, 0.15) is 43.6 Å². The van der Waals surface area contributed by atoms with E-state index in [0.29, 0.717) is 5.56 Å². The maximum Gasteiger partial charge on any atom is 0.338 e. The van der Waals surface area contributed by atoms with Gasteiger partial charge >= 0.3 is 5.97 Å². The van der Waals surface area contributed by atoms with Crippen LogP contribution in [0.15, 0.2) is 24.3 Å². The maximum absolute atomic E-state index is 11.5. The Morgan fingerprint density at radius 1 is 1.33 bits per heavy atom. The third kappa shape index (κ3) is 5.32. The van der Waals surface area contributed by atoms with Gasteiger partial charge in [-0.05, 0) is 46.2 Å². The van der Waals surface area contributed by atoms with Crippen LogP contribution in [-0.4, -0.2) is 24.3 Å². The molecule has 0 amide bonds. The summed E-state index contributed by atoms with van der Waals surface area (Å²) in [7, 11) is 0. The summed E-state index contributed by atoms with van der Waals surface area (Å²) in [6.07, 6.45) is -0.0629. The van der Waals surface area contributed by atoms with Crippen LogP contribution in [0.5, 0.6) is 0 Å². The second-order valence-corrected chi connectivity index (χ2v) is 5.32. The molecule has 100 valence electrons. The molecule has 2 rings (SSSR count). The van der Waals surface area contributed by atoms with Gasteiger partial charge in [0, 0.05) is 0 Å². The van der Waals surface area contributed by atoms with Crippen molar-refractivity contribution in [2.75, 3.05) is 6.61 Å². The highest BCUT2D eigenvalue weighted by molar-refractivity contribution is 5.91. The summed E-state index contributed by atoms with van der Waals surface area (Å²) in [6.45, 7) is 10.7. The minimum absolute atomic E-state index is 0.0629. The van der Waals surface area contributed by atoms with E-state index in [-0.39, 0.29) is 17.7 Å². The lowest BCUT2D eigenvalue weighted by Crippen LogP contribution is -2.12. The van der Waals surface area contributed by atoms with Gasteiger partial charge in [-0.1, -0.05) is 18.2 Å². The molecule has 3 nitrogen and oxygen atoms in total. The summed E-state index contributed by atoms with van der Waals surface area (Å²) < 4.78 is 9.97. The van der Waals surface area contributed by atoms with Crippen molar-refractivity contribution in [3.63, 3.8) is 0 Å². The number of carbonyl (C=O) groups is 1. The molecule has 0 unspecified atom stereocenters. The van der Waals surface area contributed by atoms with Gasteiger partial charge < -0.3 is 9.47 Å². The van der Waals surface area contributed by atoms with Gasteiger partial charge in [0.05, 0.1) is 23.9 Å². The molecule has 18 heavy (non-hydrogen) atoms. The normalized spacial score (nSPS) is 15.7. The SMILES string of the molecule is CC1(C)CO1.Cc1ccccc1C(=O)OC(C)C. The van der Waals surface area contributed by atoms with Gasteiger partial charge in [-0.25, -0.2) is 4.79 Å². The van der Waals surface area contributed by atoms with E-state index in [9.17, 15) is 4.79 Å². The van der Waals surface area contributed by atoms with Crippen LogP contribution in [0.2, 0.25) is 0 Å². The zero-order valence-electron chi connectivity index (χ0n) is 11.8. The number of epoxide rings is 1. The standard InChI is InChI=1S/C11H14O2.C4H8O/c1-8(2)13-11(12)10-7-5-4-6-9(10)3;1-4(2)3-5-4/h4-8H,1-3H3;3H2,1-2H3. The zero-order chi connectivity index (χ0) is 13.8. The van der Waals surface area contributed by atoms with Crippen LogP contribution in [-0.2, 0) is 9.47 Å². The number of aryl methyl sites for hydroxylation is 1.